The Bertz CT molecular complexity index is 237. The standard InChI is InChI=1S/C17H34N2/c1-3-13-19(14-15-11-12-15)17-10-8-6-5-7-9-16(17)18-4-2/h15-18H,3-14H2,1-2H3. The molecule has 0 radical (unpaired) electrons. The van der Waals surface area contributed by atoms with Gasteiger partial charge < -0.3 is 5.32 Å². The lowest BCUT2D eigenvalue weighted by molar-refractivity contribution is 0.128. The van der Waals surface area contributed by atoms with E-state index in [4.69, 9.17) is 0 Å². The molecule has 0 amide bonds. The number of nitrogens with one attached hydrogen (secondary N) is 1. The Kier molecular flexibility index (Phi) is 6.66. The van der Waals surface area contributed by atoms with Crippen molar-refractivity contribution >= 4 is 0 Å². The molecule has 2 heteroatoms. The van der Waals surface area contributed by atoms with Gasteiger partial charge in [-0.15, -0.1) is 0 Å². The Balaban J connectivity index is 1.97. The van der Waals surface area contributed by atoms with Gasteiger partial charge in [0, 0.05) is 18.6 Å². The summed E-state index contributed by atoms with van der Waals surface area (Å²) in [5.74, 6) is 1.03. The fourth-order valence-corrected chi connectivity index (χ4v) is 3.71. The van der Waals surface area contributed by atoms with Crippen LogP contribution >= 0.6 is 0 Å². The summed E-state index contributed by atoms with van der Waals surface area (Å²) >= 11 is 0. The highest BCUT2D eigenvalue weighted by Crippen LogP contribution is 2.32. The van der Waals surface area contributed by atoms with Crippen LogP contribution in [0.1, 0.15) is 71.6 Å². The summed E-state index contributed by atoms with van der Waals surface area (Å²) in [6.07, 6.45) is 12.9. The van der Waals surface area contributed by atoms with Crippen LogP contribution in [0.15, 0.2) is 0 Å². The smallest absolute Gasteiger partial charge is 0.0249 e. The molecule has 2 unspecified atom stereocenters. The summed E-state index contributed by atoms with van der Waals surface area (Å²) in [4.78, 5) is 2.84. The summed E-state index contributed by atoms with van der Waals surface area (Å²) < 4.78 is 0. The van der Waals surface area contributed by atoms with Gasteiger partial charge in [-0.05, 0) is 51.1 Å². The molecule has 1 N–H and O–H groups in total. The Morgan fingerprint density at radius 3 is 2.32 bits per heavy atom. The molecule has 0 aromatic rings. The molecule has 0 saturated heterocycles. The van der Waals surface area contributed by atoms with Gasteiger partial charge in [0.2, 0.25) is 0 Å². The summed E-state index contributed by atoms with van der Waals surface area (Å²) in [5, 5.41) is 3.79. The first-order valence-electron chi connectivity index (χ1n) is 8.82. The van der Waals surface area contributed by atoms with E-state index in [1.165, 1.54) is 70.9 Å². The molecule has 0 spiro atoms. The van der Waals surface area contributed by atoms with Gasteiger partial charge in [0.25, 0.3) is 0 Å². The van der Waals surface area contributed by atoms with Gasteiger partial charge in [-0.25, -0.2) is 0 Å². The zero-order valence-corrected chi connectivity index (χ0v) is 13.2. The molecule has 19 heavy (non-hydrogen) atoms. The molecule has 2 saturated carbocycles. The molecule has 2 aliphatic rings. The van der Waals surface area contributed by atoms with E-state index in [0.29, 0.717) is 0 Å². The molecule has 2 aliphatic carbocycles. The van der Waals surface area contributed by atoms with Crippen molar-refractivity contribution in [1.82, 2.24) is 10.2 Å². The normalized spacial score (nSPS) is 29.2. The van der Waals surface area contributed by atoms with Crippen molar-refractivity contribution in [2.45, 2.75) is 83.7 Å². The molecule has 0 aromatic heterocycles. The average Bonchev–Trinajstić information content (AvgIpc) is 3.17. The molecule has 0 aromatic carbocycles. The predicted octanol–water partition coefficient (Wildman–Crippen LogP) is 3.81. The van der Waals surface area contributed by atoms with Crippen molar-refractivity contribution in [3.8, 4) is 0 Å². The monoisotopic (exact) mass is 266 g/mol. The van der Waals surface area contributed by atoms with Crippen LogP contribution in [0, 0.1) is 5.92 Å². The van der Waals surface area contributed by atoms with Crippen LogP contribution in [0.3, 0.4) is 0 Å². The van der Waals surface area contributed by atoms with Gasteiger partial charge in [-0.1, -0.05) is 39.5 Å². The van der Waals surface area contributed by atoms with Crippen molar-refractivity contribution in [3.63, 3.8) is 0 Å². The van der Waals surface area contributed by atoms with E-state index in [1.807, 2.05) is 0 Å². The topological polar surface area (TPSA) is 15.3 Å². The van der Waals surface area contributed by atoms with E-state index in [0.717, 1.165) is 24.5 Å². The van der Waals surface area contributed by atoms with Gasteiger partial charge in [-0.2, -0.15) is 0 Å². The molecule has 2 nitrogen and oxygen atoms in total. The van der Waals surface area contributed by atoms with Crippen LogP contribution in [-0.2, 0) is 0 Å². The van der Waals surface area contributed by atoms with Gasteiger partial charge >= 0.3 is 0 Å². The van der Waals surface area contributed by atoms with Gasteiger partial charge in [0.15, 0.2) is 0 Å². The summed E-state index contributed by atoms with van der Waals surface area (Å²) in [7, 11) is 0. The summed E-state index contributed by atoms with van der Waals surface area (Å²) in [5.41, 5.74) is 0. The molecule has 2 atom stereocenters. The first kappa shape index (κ1) is 15.3. The maximum atomic E-state index is 3.79. The van der Waals surface area contributed by atoms with Crippen LogP contribution < -0.4 is 5.32 Å². The van der Waals surface area contributed by atoms with E-state index in [1.54, 1.807) is 0 Å². The molecular formula is C17H34N2. The predicted molar refractivity (Wildman–Crippen MR) is 83.5 cm³/mol. The third kappa shape index (κ3) is 5.07. The van der Waals surface area contributed by atoms with Crippen LogP contribution in [-0.4, -0.2) is 36.6 Å². The molecule has 0 bridgehead atoms. The fourth-order valence-electron chi connectivity index (χ4n) is 3.71. The van der Waals surface area contributed by atoms with E-state index >= 15 is 0 Å². The third-order valence-electron chi connectivity index (χ3n) is 4.87. The third-order valence-corrected chi connectivity index (χ3v) is 4.87. The highest BCUT2D eigenvalue weighted by molar-refractivity contribution is 4.88. The lowest BCUT2D eigenvalue weighted by Gasteiger charge is -2.39. The minimum Gasteiger partial charge on any atom is -0.313 e. The average molecular weight is 266 g/mol. The quantitative estimate of drug-likeness (QED) is 0.754. The SMILES string of the molecule is CCCN(CC1CC1)C1CCCCCCC1NCC. The Morgan fingerprint density at radius 1 is 0.947 bits per heavy atom. The summed E-state index contributed by atoms with van der Waals surface area (Å²) in [6.45, 7) is 8.42. The van der Waals surface area contributed by atoms with Crippen molar-refractivity contribution in [2.75, 3.05) is 19.6 Å². The van der Waals surface area contributed by atoms with E-state index < -0.39 is 0 Å². The second kappa shape index (κ2) is 8.26. The summed E-state index contributed by atoms with van der Waals surface area (Å²) in [6, 6.07) is 1.55. The van der Waals surface area contributed by atoms with Crippen molar-refractivity contribution < 1.29 is 0 Å². The lowest BCUT2D eigenvalue weighted by atomic mass is 9.90. The van der Waals surface area contributed by atoms with Gasteiger partial charge in [-0.3, -0.25) is 4.90 Å². The Hall–Kier alpha value is -0.0800. The number of nitrogens with zero attached hydrogens (tertiary/aromatic N) is 1. The molecule has 2 fully saturated rings. The number of hydrogen-bond acceptors (Lipinski definition) is 2. The highest BCUT2D eigenvalue weighted by Gasteiger charge is 2.31. The van der Waals surface area contributed by atoms with Gasteiger partial charge in [0.1, 0.15) is 0 Å². The van der Waals surface area contributed by atoms with Crippen LogP contribution in [0.4, 0.5) is 0 Å². The molecule has 2 rings (SSSR count). The minimum absolute atomic E-state index is 0.746. The van der Waals surface area contributed by atoms with Gasteiger partial charge in [0.05, 0.1) is 0 Å². The lowest BCUT2D eigenvalue weighted by Crippen LogP contribution is -2.51. The zero-order chi connectivity index (χ0) is 13.5. The second-order valence-corrected chi connectivity index (χ2v) is 6.66. The molecule has 112 valence electrons. The Labute approximate surface area is 120 Å². The number of hydrogen-bond donors (Lipinski definition) is 1. The molecule has 0 heterocycles. The van der Waals surface area contributed by atoms with Crippen LogP contribution in [0.2, 0.25) is 0 Å². The maximum absolute atomic E-state index is 3.79. The number of likely N-dealkylation sites (N-methyl/N-ethyl adjacent to an activating group) is 1. The van der Waals surface area contributed by atoms with E-state index in [-0.39, 0.29) is 0 Å². The largest absolute Gasteiger partial charge is 0.313 e. The van der Waals surface area contributed by atoms with Crippen LogP contribution in [0.5, 0.6) is 0 Å². The van der Waals surface area contributed by atoms with E-state index in [2.05, 4.69) is 24.1 Å². The maximum Gasteiger partial charge on any atom is 0.0249 e. The zero-order valence-electron chi connectivity index (χ0n) is 13.2. The first-order valence-corrected chi connectivity index (χ1v) is 8.82. The molecule has 0 aliphatic heterocycles. The Morgan fingerprint density at radius 2 is 1.68 bits per heavy atom. The van der Waals surface area contributed by atoms with E-state index in [9.17, 15) is 0 Å². The van der Waals surface area contributed by atoms with Crippen molar-refractivity contribution in [1.29, 1.82) is 0 Å². The molecular weight excluding hydrogens is 232 g/mol. The highest BCUT2D eigenvalue weighted by atomic mass is 15.2. The van der Waals surface area contributed by atoms with Crippen molar-refractivity contribution in [2.24, 2.45) is 5.92 Å². The van der Waals surface area contributed by atoms with Crippen LogP contribution in [0.25, 0.3) is 0 Å². The second-order valence-electron chi connectivity index (χ2n) is 6.66. The fraction of sp³-hybridized carbons (Fsp3) is 1.00. The first-order chi connectivity index (χ1) is 9.35. The minimum atomic E-state index is 0.746. The number of rotatable bonds is 7. The van der Waals surface area contributed by atoms with Crippen molar-refractivity contribution in [3.05, 3.63) is 0 Å².